The third kappa shape index (κ3) is 3.05. The first-order valence-corrected chi connectivity index (χ1v) is 8.05. The minimum atomic E-state index is 0.0633. The third-order valence-electron chi connectivity index (χ3n) is 4.76. The number of amides is 1. The van der Waals surface area contributed by atoms with Gasteiger partial charge in [0.15, 0.2) is 0 Å². The van der Waals surface area contributed by atoms with Gasteiger partial charge in [0.2, 0.25) is 0 Å². The van der Waals surface area contributed by atoms with E-state index in [9.17, 15) is 4.79 Å². The van der Waals surface area contributed by atoms with Crippen molar-refractivity contribution in [2.75, 3.05) is 31.5 Å². The number of hydrogen-bond donors (Lipinski definition) is 2. The Morgan fingerprint density at radius 3 is 2.71 bits per heavy atom. The first-order valence-electron chi connectivity index (χ1n) is 8.05. The van der Waals surface area contributed by atoms with Gasteiger partial charge in [-0.3, -0.25) is 4.79 Å². The lowest BCUT2D eigenvalue weighted by Gasteiger charge is -2.45. The van der Waals surface area contributed by atoms with Gasteiger partial charge in [-0.15, -0.1) is 0 Å². The van der Waals surface area contributed by atoms with Crippen molar-refractivity contribution < 1.29 is 4.79 Å². The molecule has 114 valence electrons. The summed E-state index contributed by atoms with van der Waals surface area (Å²) < 4.78 is 0. The molecule has 4 rings (SSSR count). The fourth-order valence-corrected chi connectivity index (χ4v) is 3.57. The Morgan fingerprint density at radius 1 is 1.33 bits per heavy atom. The molecule has 2 bridgehead atoms. The fourth-order valence-electron chi connectivity index (χ4n) is 3.57. The SMILES string of the molecule is CCNc1ccc(C)cc1C(=O)NC1CN2CCC1CC2. The van der Waals surface area contributed by atoms with E-state index in [1.165, 1.54) is 25.9 Å². The molecule has 4 heteroatoms. The Kier molecular flexibility index (Phi) is 4.15. The van der Waals surface area contributed by atoms with Gasteiger partial charge in [-0.05, 0) is 57.8 Å². The number of hydrogen-bond acceptors (Lipinski definition) is 3. The molecule has 3 aliphatic rings. The standard InChI is InChI=1S/C17H25N3O/c1-3-18-15-5-4-12(2)10-14(15)17(21)19-16-11-20-8-6-13(16)7-9-20/h4-5,10,13,16,18H,3,6-9,11H2,1-2H3,(H,19,21). The molecule has 0 aromatic heterocycles. The summed E-state index contributed by atoms with van der Waals surface area (Å²) in [7, 11) is 0. The number of piperidine rings is 3. The molecule has 1 aromatic rings. The van der Waals surface area contributed by atoms with Crippen LogP contribution in [0.25, 0.3) is 0 Å². The number of anilines is 1. The molecular formula is C17H25N3O. The lowest BCUT2D eigenvalue weighted by atomic mass is 9.84. The molecule has 2 N–H and O–H groups in total. The maximum Gasteiger partial charge on any atom is 0.253 e. The van der Waals surface area contributed by atoms with Crippen LogP contribution in [0, 0.1) is 12.8 Å². The van der Waals surface area contributed by atoms with Crippen molar-refractivity contribution in [3.63, 3.8) is 0 Å². The maximum absolute atomic E-state index is 12.7. The number of nitrogens with one attached hydrogen (secondary N) is 2. The van der Waals surface area contributed by atoms with Gasteiger partial charge in [-0.1, -0.05) is 11.6 Å². The second kappa shape index (κ2) is 6.06. The molecule has 1 aromatic carbocycles. The van der Waals surface area contributed by atoms with E-state index in [2.05, 4.69) is 22.5 Å². The van der Waals surface area contributed by atoms with Crippen LogP contribution < -0.4 is 10.6 Å². The number of aryl methyl sites for hydroxylation is 1. The summed E-state index contributed by atoms with van der Waals surface area (Å²) in [5, 5.41) is 6.56. The van der Waals surface area contributed by atoms with Crippen LogP contribution in [0.5, 0.6) is 0 Å². The normalized spacial score (nSPS) is 27.4. The van der Waals surface area contributed by atoms with E-state index >= 15 is 0 Å². The molecule has 0 saturated carbocycles. The topological polar surface area (TPSA) is 44.4 Å². The van der Waals surface area contributed by atoms with Crippen LogP contribution in [0.3, 0.4) is 0 Å². The van der Waals surface area contributed by atoms with E-state index in [0.717, 1.165) is 29.9 Å². The van der Waals surface area contributed by atoms with Crippen LogP contribution in [0.2, 0.25) is 0 Å². The van der Waals surface area contributed by atoms with E-state index in [-0.39, 0.29) is 5.91 Å². The van der Waals surface area contributed by atoms with E-state index in [1.54, 1.807) is 0 Å². The molecule has 3 aliphatic heterocycles. The number of nitrogens with zero attached hydrogens (tertiary/aromatic N) is 1. The maximum atomic E-state index is 12.7. The van der Waals surface area contributed by atoms with Crippen molar-refractivity contribution in [2.45, 2.75) is 32.7 Å². The van der Waals surface area contributed by atoms with Crippen molar-refractivity contribution in [1.29, 1.82) is 0 Å². The average Bonchev–Trinajstić information content (AvgIpc) is 2.50. The number of fused-ring (bicyclic) bond motifs is 3. The average molecular weight is 287 g/mol. The molecule has 3 saturated heterocycles. The van der Waals surface area contributed by atoms with Crippen LogP contribution in [0.1, 0.15) is 35.7 Å². The van der Waals surface area contributed by atoms with Gasteiger partial charge in [-0.2, -0.15) is 0 Å². The molecule has 4 nitrogen and oxygen atoms in total. The number of rotatable bonds is 4. The molecule has 21 heavy (non-hydrogen) atoms. The van der Waals surface area contributed by atoms with Gasteiger partial charge in [0.05, 0.1) is 5.56 Å². The minimum Gasteiger partial charge on any atom is -0.385 e. The molecule has 3 heterocycles. The Labute approximate surface area is 126 Å². The largest absolute Gasteiger partial charge is 0.385 e. The Morgan fingerprint density at radius 2 is 2.10 bits per heavy atom. The fraction of sp³-hybridized carbons (Fsp3) is 0.588. The van der Waals surface area contributed by atoms with Gasteiger partial charge in [-0.25, -0.2) is 0 Å². The summed E-state index contributed by atoms with van der Waals surface area (Å²) in [6, 6.07) is 6.34. The van der Waals surface area contributed by atoms with Crippen molar-refractivity contribution in [2.24, 2.45) is 5.92 Å². The first kappa shape index (κ1) is 14.4. The van der Waals surface area contributed by atoms with Gasteiger partial charge in [0.25, 0.3) is 5.91 Å². The second-order valence-corrected chi connectivity index (χ2v) is 6.30. The van der Waals surface area contributed by atoms with Crippen LogP contribution in [0.15, 0.2) is 18.2 Å². The highest BCUT2D eigenvalue weighted by molar-refractivity contribution is 6.00. The third-order valence-corrected chi connectivity index (χ3v) is 4.76. The predicted octanol–water partition coefficient (Wildman–Crippen LogP) is 2.25. The summed E-state index contributed by atoms with van der Waals surface area (Å²) >= 11 is 0. The molecule has 0 aliphatic carbocycles. The summed E-state index contributed by atoms with van der Waals surface area (Å²) in [6.07, 6.45) is 2.44. The van der Waals surface area contributed by atoms with Crippen LogP contribution in [0.4, 0.5) is 5.69 Å². The molecular weight excluding hydrogens is 262 g/mol. The molecule has 1 amide bonds. The van der Waals surface area contributed by atoms with Crippen LogP contribution in [-0.4, -0.2) is 43.0 Å². The van der Waals surface area contributed by atoms with Crippen molar-refractivity contribution in [3.8, 4) is 0 Å². The monoisotopic (exact) mass is 287 g/mol. The number of benzene rings is 1. The number of carbonyl (C=O) groups is 1. The van der Waals surface area contributed by atoms with Gasteiger partial charge < -0.3 is 15.5 Å². The Hall–Kier alpha value is -1.55. The van der Waals surface area contributed by atoms with Crippen LogP contribution in [-0.2, 0) is 0 Å². The van der Waals surface area contributed by atoms with E-state index < -0.39 is 0 Å². The highest BCUT2D eigenvalue weighted by atomic mass is 16.1. The second-order valence-electron chi connectivity index (χ2n) is 6.30. The van der Waals surface area contributed by atoms with Gasteiger partial charge in [0.1, 0.15) is 0 Å². The van der Waals surface area contributed by atoms with E-state index in [1.807, 2.05) is 25.1 Å². The summed E-state index contributed by atoms with van der Waals surface area (Å²) in [5.41, 5.74) is 2.82. The van der Waals surface area contributed by atoms with Crippen molar-refractivity contribution in [1.82, 2.24) is 10.2 Å². The van der Waals surface area contributed by atoms with Crippen molar-refractivity contribution in [3.05, 3.63) is 29.3 Å². The Balaban J connectivity index is 1.74. The number of carbonyl (C=O) groups excluding carboxylic acids is 1. The van der Waals surface area contributed by atoms with Gasteiger partial charge >= 0.3 is 0 Å². The highest BCUT2D eigenvalue weighted by Crippen LogP contribution is 2.28. The molecule has 0 spiro atoms. The summed E-state index contributed by atoms with van der Waals surface area (Å²) in [4.78, 5) is 15.1. The first-order chi connectivity index (χ1) is 10.2. The predicted molar refractivity (Wildman–Crippen MR) is 85.8 cm³/mol. The molecule has 0 radical (unpaired) electrons. The summed E-state index contributed by atoms with van der Waals surface area (Å²) in [6.45, 7) is 8.31. The zero-order chi connectivity index (χ0) is 14.8. The zero-order valence-electron chi connectivity index (χ0n) is 13.0. The van der Waals surface area contributed by atoms with Gasteiger partial charge in [0, 0.05) is 24.8 Å². The highest BCUT2D eigenvalue weighted by Gasteiger charge is 2.35. The molecule has 1 unspecified atom stereocenters. The lowest BCUT2D eigenvalue weighted by molar-refractivity contribution is 0.0621. The zero-order valence-corrected chi connectivity index (χ0v) is 13.0. The Bertz CT molecular complexity index is 521. The van der Waals surface area contributed by atoms with E-state index in [0.29, 0.717) is 12.0 Å². The quantitative estimate of drug-likeness (QED) is 0.893. The van der Waals surface area contributed by atoms with E-state index in [4.69, 9.17) is 0 Å². The minimum absolute atomic E-state index is 0.0633. The molecule has 3 fully saturated rings. The smallest absolute Gasteiger partial charge is 0.253 e. The van der Waals surface area contributed by atoms with Crippen LogP contribution >= 0.6 is 0 Å². The molecule has 1 atom stereocenters. The lowest BCUT2D eigenvalue weighted by Crippen LogP contribution is -2.57. The van der Waals surface area contributed by atoms with Crippen molar-refractivity contribution >= 4 is 11.6 Å². The summed E-state index contributed by atoms with van der Waals surface area (Å²) in [5.74, 6) is 0.722.